The molecule has 0 fully saturated rings. The van der Waals surface area contributed by atoms with E-state index in [1.54, 1.807) is 24.5 Å². The number of carbonyl (C=O) groups is 1. The molecule has 1 N–H and O–H groups in total. The highest BCUT2D eigenvalue weighted by Gasteiger charge is 2.25. The van der Waals surface area contributed by atoms with E-state index in [4.69, 9.17) is 9.72 Å². The molecule has 5 nitrogen and oxygen atoms in total. The molecule has 6 heteroatoms. The van der Waals surface area contributed by atoms with E-state index >= 15 is 0 Å². The number of aromatic nitrogens is 1. The highest BCUT2D eigenvalue weighted by molar-refractivity contribution is 7.15. The Bertz CT molecular complexity index is 783. The number of carboxylic acid groups (broad SMARTS) is 1. The third-order valence-electron chi connectivity index (χ3n) is 4.41. The topological polar surface area (TPSA) is 62.7 Å². The van der Waals surface area contributed by atoms with Gasteiger partial charge in [-0.3, -0.25) is 0 Å². The molecule has 1 aliphatic rings. The van der Waals surface area contributed by atoms with Gasteiger partial charge < -0.3 is 14.7 Å². The van der Waals surface area contributed by atoms with Crippen molar-refractivity contribution in [2.75, 3.05) is 26.1 Å². The fraction of sp³-hybridized carbons (Fsp3) is 0.444. The molecule has 1 atom stereocenters. The molecule has 0 saturated heterocycles. The van der Waals surface area contributed by atoms with Crippen LogP contribution in [0.2, 0.25) is 0 Å². The highest BCUT2D eigenvalue weighted by atomic mass is 32.1. The Balaban J connectivity index is 2.11. The predicted octanol–water partition coefficient (Wildman–Crippen LogP) is 3.91. The molecule has 2 aromatic rings. The summed E-state index contributed by atoms with van der Waals surface area (Å²) in [7, 11) is 5.46. The molecule has 1 unspecified atom stereocenters. The van der Waals surface area contributed by atoms with Gasteiger partial charge in [0.05, 0.1) is 27.9 Å². The van der Waals surface area contributed by atoms with E-state index < -0.39 is 5.97 Å². The van der Waals surface area contributed by atoms with Gasteiger partial charge in [0.1, 0.15) is 5.01 Å². The number of carboxylic acids is 1. The van der Waals surface area contributed by atoms with Crippen molar-refractivity contribution < 1.29 is 14.6 Å². The van der Waals surface area contributed by atoms with Crippen molar-refractivity contribution >= 4 is 23.0 Å². The van der Waals surface area contributed by atoms with Gasteiger partial charge in [0.25, 0.3) is 0 Å². The van der Waals surface area contributed by atoms with Crippen LogP contribution in [0.25, 0.3) is 10.6 Å². The van der Waals surface area contributed by atoms with Crippen molar-refractivity contribution in [3.63, 3.8) is 0 Å². The molecule has 0 saturated carbocycles. The van der Waals surface area contributed by atoms with Crippen molar-refractivity contribution in [3.05, 3.63) is 33.8 Å². The second-order valence-electron chi connectivity index (χ2n) is 6.34. The molecule has 1 aromatic heterocycles. The number of ether oxygens (including phenoxy) is 1. The van der Waals surface area contributed by atoms with Crippen LogP contribution in [0.4, 0.5) is 5.69 Å². The fourth-order valence-electron chi connectivity index (χ4n) is 3.39. The number of hydrogen-bond donors (Lipinski definition) is 1. The van der Waals surface area contributed by atoms with Gasteiger partial charge in [0, 0.05) is 26.8 Å². The lowest BCUT2D eigenvalue weighted by Crippen LogP contribution is -2.15. The second kappa shape index (κ2) is 6.53. The maximum absolute atomic E-state index is 11.7. The van der Waals surface area contributed by atoms with Crippen LogP contribution in [0.3, 0.4) is 0 Å². The third kappa shape index (κ3) is 2.91. The number of benzene rings is 1. The molecule has 24 heavy (non-hydrogen) atoms. The van der Waals surface area contributed by atoms with Crippen molar-refractivity contribution in [1.82, 2.24) is 4.98 Å². The van der Waals surface area contributed by atoms with Gasteiger partial charge in [-0.1, -0.05) is 0 Å². The smallest absolute Gasteiger partial charge is 0.337 e. The number of rotatable bonds is 4. The first-order valence-electron chi connectivity index (χ1n) is 8.00. The van der Waals surface area contributed by atoms with Gasteiger partial charge >= 0.3 is 5.97 Å². The molecule has 1 aliphatic carbocycles. The van der Waals surface area contributed by atoms with Crippen molar-refractivity contribution in [2.45, 2.75) is 32.3 Å². The molecule has 0 aliphatic heterocycles. The normalized spacial score (nSPS) is 16.8. The minimum absolute atomic E-state index is 0.112. The number of thiazole rings is 1. The van der Waals surface area contributed by atoms with Crippen LogP contribution in [-0.2, 0) is 11.2 Å². The van der Waals surface area contributed by atoms with E-state index in [9.17, 15) is 9.90 Å². The summed E-state index contributed by atoms with van der Waals surface area (Å²) in [5.41, 5.74) is 3.95. The fourth-order valence-corrected chi connectivity index (χ4v) is 4.60. The molecular weight excluding hydrogens is 324 g/mol. The Morgan fingerprint density at radius 3 is 2.79 bits per heavy atom. The van der Waals surface area contributed by atoms with E-state index in [2.05, 4.69) is 0 Å². The molecular formula is C18H22N2O3S. The summed E-state index contributed by atoms with van der Waals surface area (Å²) in [6.45, 7) is 1.94. The number of aryl methyl sites for hydroxylation is 2. The summed E-state index contributed by atoms with van der Waals surface area (Å²) in [6, 6.07) is 3.75. The Kier molecular flexibility index (Phi) is 4.60. The monoisotopic (exact) mass is 346 g/mol. The lowest BCUT2D eigenvalue weighted by atomic mass is 10.00. The van der Waals surface area contributed by atoms with Gasteiger partial charge in [0.15, 0.2) is 0 Å². The van der Waals surface area contributed by atoms with Gasteiger partial charge in [-0.2, -0.15) is 0 Å². The number of hydrogen-bond acceptors (Lipinski definition) is 5. The number of anilines is 1. The van der Waals surface area contributed by atoms with Crippen molar-refractivity contribution in [1.29, 1.82) is 0 Å². The van der Waals surface area contributed by atoms with Crippen LogP contribution in [0.1, 0.15) is 45.4 Å². The average Bonchev–Trinajstić information content (AvgIpc) is 2.97. The second-order valence-corrected chi connectivity index (χ2v) is 7.37. The summed E-state index contributed by atoms with van der Waals surface area (Å²) in [6.07, 6.45) is 3.17. The molecule has 1 heterocycles. The average molecular weight is 346 g/mol. The first kappa shape index (κ1) is 16.9. The van der Waals surface area contributed by atoms with Crippen LogP contribution in [0.15, 0.2) is 12.1 Å². The van der Waals surface area contributed by atoms with Gasteiger partial charge in [-0.05, 0) is 43.9 Å². The van der Waals surface area contributed by atoms with Crippen molar-refractivity contribution in [3.8, 4) is 10.6 Å². The molecule has 1 aromatic carbocycles. The van der Waals surface area contributed by atoms with Gasteiger partial charge in [-0.25, -0.2) is 9.78 Å². The molecule has 0 amide bonds. The first-order chi connectivity index (χ1) is 11.4. The maximum Gasteiger partial charge on any atom is 0.337 e. The minimum Gasteiger partial charge on any atom is -0.478 e. The summed E-state index contributed by atoms with van der Waals surface area (Å²) in [5.74, 6) is -0.917. The van der Waals surface area contributed by atoms with Crippen molar-refractivity contribution in [2.24, 2.45) is 0 Å². The maximum atomic E-state index is 11.7. The molecule has 0 radical (unpaired) electrons. The van der Waals surface area contributed by atoms with E-state index in [0.29, 0.717) is 5.56 Å². The van der Waals surface area contributed by atoms with Gasteiger partial charge in [-0.15, -0.1) is 11.3 Å². The summed E-state index contributed by atoms with van der Waals surface area (Å²) < 4.78 is 5.57. The number of nitrogens with zero attached hydrogens (tertiary/aromatic N) is 2. The Hall–Kier alpha value is -1.92. The van der Waals surface area contributed by atoms with Crippen LogP contribution < -0.4 is 4.90 Å². The van der Waals surface area contributed by atoms with E-state index in [1.165, 1.54) is 4.88 Å². The Labute approximate surface area is 145 Å². The van der Waals surface area contributed by atoms with Gasteiger partial charge in [0.2, 0.25) is 0 Å². The molecule has 0 bridgehead atoms. The lowest BCUT2D eigenvalue weighted by molar-refractivity contribution is 0.0697. The number of methoxy groups -OCH3 is 1. The zero-order chi connectivity index (χ0) is 17.4. The number of aromatic carboxylic acids is 1. The lowest BCUT2D eigenvalue weighted by Gasteiger charge is -2.19. The zero-order valence-electron chi connectivity index (χ0n) is 14.4. The van der Waals surface area contributed by atoms with Crippen LogP contribution in [-0.4, -0.2) is 37.3 Å². The van der Waals surface area contributed by atoms with E-state index in [0.717, 1.165) is 46.8 Å². The van der Waals surface area contributed by atoms with E-state index in [1.807, 2.05) is 32.0 Å². The largest absolute Gasteiger partial charge is 0.478 e. The minimum atomic E-state index is -0.917. The molecule has 0 spiro atoms. The Morgan fingerprint density at radius 1 is 1.42 bits per heavy atom. The number of fused-ring (bicyclic) bond motifs is 1. The summed E-state index contributed by atoms with van der Waals surface area (Å²) in [4.78, 5) is 19.5. The first-order valence-corrected chi connectivity index (χ1v) is 8.82. The SMILES string of the molecule is COC1CCCc2nc(-c3cc(C)c(N(C)C)c(C(=O)O)c3)sc21. The molecule has 3 rings (SSSR count). The predicted molar refractivity (Wildman–Crippen MR) is 96.3 cm³/mol. The van der Waals surface area contributed by atoms with Crippen LogP contribution in [0, 0.1) is 6.92 Å². The quantitative estimate of drug-likeness (QED) is 0.909. The standard InChI is InChI=1S/C18H22N2O3S/c1-10-8-11(9-12(18(21)22)15(10)20(2)3)17-19-13-6-5-7-14(23-4)16(13)24-17/h8-9,14H,5-7H2,1-4H3,(H,21,22). The third-order valence-corrected chi connectivity index (χ3v) is 5.65. The van der Waals surface area contributed by atoms with E-state index in [-0.39, 0.29) is 6.10 Å². The zero-order valence-corrected chi connectivity index (χ0v) is 15.2. The summed E-state index contributed by atoms with van der Waals surface area (Å²) in [5, 5.41) is 10.5. The van der Waals surface area contributed by atoms with Crippen LogP contribution in [0.5, 0.6) is 0 Å². The Morgan fingerprint density at radius 2 is 2.17 bits per heavy atom. The highest BCUT2D eigenvalue weighted by Crippen LogP contribution is 2.40. The summed E-state index contributed by atoms with van der Waals surface area (Å²) >= 11 is 1.62. The van der Waals surface area contributed by atoms with Crippen LogP contribution >= 0.6 is 11.3 Å². The molecule has 128 valence electrons.